The van der Waals surface area contributed by atoms with Gasteiger partial charge < -0.3 is 0 Å². The summed E-state index contributed by atoms with van der Waals surface area (Å²) in [5.41, 5.74) is 4.10. The topological polar surface area (TPSA) is 17.1 Å². The monoisotopic (exact) mass is 246 g/mol. The maximum absolute atomic E-state index is 12.0. The lowest BCUT2D eigenvalue weighted by atomic mass is 10.1. The van der Waals surface area contributed by atoms with Crippen molar-refractivity contribution in [3.05, 3.63) is 83.4 Å². The van der Waals surface area contributed by atoms with Crippen molar-refractivity contribution in [1.82, 2.24) is 0 Å². The molecule has 0 radical (unpaired) electrons. The van der Waals surface area contributed by atoms with Crippen LogP contribution in [-0.2, 0) is 4.79 Å². The minimum absolute atomic E-state index is 0.197. The van der Waals surface area contributed by atoms with Gasteiger partial charge in [0.1, 0.15) is 0 Å². The van der Waals surface area contributed by atoms with Gasteiger partial charge in [0.2, 0.25) is 0 Å². The standard InChI is InChI=1S/C18H14O/c19-18-13-16(15-9-5-2-6-10-15)12-17(18)11-14-7-3-1-4-8-14/h1-12H,13H2/b17-11-. The third-order valence-electron chi connectivity index (χ3n) is 3.27. The molecule has 1 aliphatic carbocycles. The fourth-order valence-electron chi connectivity index (χ4n) is 2.28. The van der Waals surface area contributed by atoms with Crippen molar-refractivity contribution in [1.29, 1.82) is 0 Å². The van der Waals surface area contributed by atoms with Crippen molar-refractivity contribution in [2.45, 2.75) is 6.42 Å². The number of hydrogen-bond acceptors (Lipinski definition) is 1. The van der Waals surface area contributed by atoms with Gasteiger partial charge in [-0.2, -0.15) is 0 Å². The minimum atomic E-state index is 0.197. The van der Waals surface area contributed by atoms with E-state index in [1.807, 2.05) is 72.8 Å². The van der Waals surface area contributed by atoms with Crippen LogP contribution < -0.4 is 0 Å². The zero-order valence-electron chi connectivity index (χ0n) is 10.5. The first kappa shape index (κ1) is 11.7. The van der Waals surface area contributed by atoms with Crippen molar-refractivity contribution >= 4 is 17.4 Å². The number of Topliss-reactive ketones (excluding diaryl/α,β-unsaturated/α-hetero) is 1. The van der Waals surface area contributed by atoms with E-state index in [1.165, 1.54) is 0 Å². The largest absolute Gasteiger partial charge is 0.294 e. The van der Waals surface area contributed by atoms with Crippen molar-refractivity contribution in [2.75, 3.05) is 0 Å². The van der Waals surface area contributed by atoms with Crippen LogP contribution in [0.25, 0.3) is 11.6 Å². The Bertz CT molecular complexity index is 649. The molecule has 0 heterocycles. The van der Waals surface area contributed by atoms with Gasteiger partial charge in [0.15, 0.2) is 5.78 Å². The van der Waals surface area contributed by atoms with Gasteiger partial charge in [-0.3, -0.25) is 4.79 Å². The van der Waals surface area contributed by atoms with Gasteiger partial charge in [-0.25, -0.2) is 0 Å². The van der Waals surface area contributed by atoms with Gasteiger partial charge in [0.25, 0.3) is 0 Å². The molecule has 0 atom stereocenters. The molecule has 0 unspecified atom stereocenters. The van der Waals surface area contributed by atoms with Crippen LogP contribution in [0.4, 0.5) is 0 Å². The summed E-state index contributed by atoms with van der Waals surface area (Å²) < 4.78 is 0. The Hall–Kier alpha value is -2.41. The lowest BCUT2D eigenvalue weighted by Gasteiger charge is -1.98. The lowest BCUT2D eigenvalue weighted by Crippen LogP contribution is -1.93. The van der Waals surface area contributed by atoms with Crippen molar-refractivity contribution in [3.63, 3.8) is 0 Å². The number of carbonyl (C=O) groups is 1. The Kier molecular flexibility index (Phi) is 3.11. The second-order valence-corrected chi connectivity index (χ2v) is 4.65. The first-order valence-electron chi connectivity index (χ1n) is 6.39. The van der Waals surface area contributed by atoms with E-state index in [0.29, 0.717) is 6.42 Å². The first-order valence-corrected chi connectivity index (χ1v) is 6.39. The number of allylic oxidation sites excluding steroid dienone is 3. The molecule has 0 N–H and O–H groups in total. The second kappa shape index (κ2) is 5.07. The van der Waals surface area contributed by atoms with Crippen molar-refractivity contribution in [3.8, 4) is 0 Å². The summed E-state index contributed by atoms with van der Waals surface area (Å²) in [4.78, 5) is 12.0. The normalized spacial score (nSPS) is 16.7. The number of rotatable bonds is 2. The SMILES string of the molecule is O=C1CC(c2ccccc2)=C/C1=C/c1ccccc1. The molecule has 0 fully saturated rings. The van der Waals surface area contributed by atoms with E-state index in [4.69, 9.17) is 0 Å². The van der Waals surface area contributed by atoms with E-state index in [0.717, 1.165) is 22.3 Å². The molecular formula is C18H14O. The van der Waals surface area contributed by atoms with Crippen LogP contribution in [0.3, 0.4) is 0 Å². The van der Waals surface area contributed by atoms with Crippen LogP contribution in [0.15, 0.2) is 72.3 Å². The molecule has 19 heavy (non-hydrogen) atoms. The minimum Gasteiger partial charge on any atom is -0.294 e. The van der Waals surface area contributed by atoms with Crippen LogP contribution >= 0.6 is 0 Å². The van der Waals surface area contributed by atoms with E-state index in [9.17, 15) is 4.79 Å². The van der Waals surface area contributed by atoms with E-state index >= 15 is 0 Å². The highest BCUT2D eigenvalue weighted by molar-refractivity contribution is 6.13. The average molecular weight is 246 g/mol. The zero-order valence-corrected chi connectivity index (χ0v) is 10.5. The Morgan fingerprint density at radius 1 is 0.842 bits per heavy atom. The molecule has 1 nitrogen and oxygen atoms in total. The van der Waals surface area contributed by atoms with E-state index in [-0.39, 0.29) is 5.78 Å². The van der Waals surface area contributed by atoms with E-state index in [2.05, 4.69) is 0 Å². The van der Waals surface area contributed by atoms with Gasteiger partial charge >= 0.3 is 0 Å². The summed E-state index contributed by atoms with van der Waals surface area (Å²) in [6.45, 7) is 0. The summed E-state index contributed by atoms with van der Waals surface area (Å²) >= 11 is 0. The summed E-state index contributed by atoms with van der Waals surface area (Å²) in [5.74, 6) is 0.197. The van der Waals surface area contributed by atoms with Gasteiger partial charge in [0.05, 0.1) is 0 Å². The molecule has 2 aromatic carbocycles. The maximum Gasteiger partial charge on any atom is 0.167 e. The Morgan fingerprint density at radius 2 is 1.47 bits per heavy atom. The van der Waals surface area contributed by atoms with Gasteiger partial charge in [0, 0.05) is 12.0 Å². The highest BCUT2D eigenvalue weighted by atomic mass is 16.1. The Morgan fingerprint density at radius 3 is 2.16 bits per heavy atom. The van der Waals surface area contributed by atoms with Crippen molar-refractivity contribution < 1.29 is 4.79 Å². The molecule has 0 saturated carbocycles. The quantitative estimate of drug-likeness (QED) is 0.728. The lowest BCUT2D eigenvalue weighted by molar-refractivity contribution is -0.113. The fraction of sp³-hybridized carbons (Fsp3) is 0.0556. The fourth-order valence-corrected chi connectivity index (χ4v) is 2.28. The molecule has 0 aromatic heterocycles. The molecule has 3 rings (SSSR count). The summed E-state index contributed by atoms with van der Waals surface area (Å²) in [6, 6.07) is 20.0. The van der Waals surface area contributed by atoms with Crippen LogP contribution in [0, 0.1) is 0 Å². The van der Waals surface area contributed by atoms with Crippen LogP contribution in [0.5, 0.6) is 0 Å². The number of ketones is 1. The van der Waals surface area contributed by atoms with Gasteiger partial charge in [-0.15, -0.1) is 0 Å². The van der Waals surface area contributed by atoms with Crippen LogP contribution in [0.1, 0.15) is 17.5 Å². The molecular weight excluding hydrogens is 232 g/mol. The number of carbonyl (C=O) groups excluding carboxylic acids is 1. The molecule has 1 heteroatoms. The average Bonchev–Trinajstić information content (AvgIpc) is 2.82. The van der Waals surface area contributed by atoms with Crippen LogP contribution in [-0.4, -0.2) is 5.78 Å². The van der Waals surface area contributed by atoms with E-state index < -0.39 is 0 Å². The molecule has 0 bridgehead atoms. The predicted molar refractivity (Wildman–Crippen MR) is 78.5 cm³/mol. The first-order chi connectivity index (χ1) is 9.33. The highest BCUT2D eigenvalue weighted by Crippen LogP contribution is 2.29. The Labute approximate surface area is 112 Å². The zero-order chi connectivity index (χ0) is 13.1. The predicted octanol–water partition coefficient (Wildman–Crippen LogP) is 4.13. The molecule has 92 valence electrons. The van der Waals surface area contributed by atoms with Gasteiger partial charge in [-0.05, 0) is 28.9 Å². The molecule has 0 amide bonds. The third-order valence-corrected chi connectivity index (χ3v) is 3.27. The second-order valence-electron chi connectivity index (χ2n) is 4.65. The summed E-state index contributed by atoms with van der Waals surface area (Å²) in [7, 11) is 0. The van der Waals surface area contributed by atoms with Gasteiger partial charge in [-0.1, -0.05) is 60.7 Å². The van der Waals surface area contributed by atoms with Crippen molar-refractivity contribution in [2.24, 2.45) is 0 Å². The van der Waals surface area contributed by atoms with E-state index in [1.54, 1.807) is 0 Å². The molecule has 0 aliphatic heterocycles. The molecule has 2 aromatic rings. The highest BCUT2D eigenvalue weighted by Gasteiger charge is 2.19. The molecule has 0 saturated heterocycles. The molecule has 1 aliphatic rings. The maximum atomic E-state index is 12.0. The summed E-state index contributed by atoms with van der Waals surface area (Å²) in [5, 5.41) is 0. The number of benzene rings is 2. The Balaban J connectivity index is 1.94. The molecule has 0 spiro atoms. The van der Waals surface area contributed by atoms with Crippen LogP contribution in [0.2, 0.25) is 0 Å². The number of hydrogen-bond donors (Lipinski definition) is 0. The smallest absolute Gasteiger partial charge is 0.167 e. The summed E-state index contributed by atoms with van der Waals surface area (Å²) in [6.07, 6.45) is 4.46. The third kappa shape index (κ3) is 2.55.